The van der Waals surface area contributed by atoms with E-state index in [1.54, 1.807) is 18.9 Å². The number of anilines is 2. The smallest absolute Gasteiger partial charge is 0.191 e. The first-order chi connectivity index (χ1) is 8.75. The third kappa shape index (κ3) is 3.26. The van der Waals surface area contributed by atoms with Crippen LogP contribution in [0.3, 0.4) is 0 Å². The van der Waals surface area contributed by atoms with Gasteiger partial charge in [-0.2, -0.15) is 0 Å². The van der Waals surface area contributed by atoms with Crippen LogP contribution in [0.25, 0.3) is 0 Å². The largest absolute Gasteiger partial charge is 0.381 e. The number of methoxy groups -OCH3 is 1. The monoisotopic (exact) mass is 268 g/mol. The van der Waals surface area contributed by atoms with Crippen molar-refractivity contribution in [2.45, 2.75) is 36.6 Å². The number of hydrogen-bond donors (Lipinski definition) is 2. The highest BCUT2D eigenvalue weighted by Crippen LogP contribution is 2.25. The molecule has 0 amide bonds. The maximum Gasteiger partial charge on any atom is 0.191 e. The van der Waals surface area contributed by atoms with Gasteiger partial charge in [-0.25, -0.2) is 9.97 Å². The number of ether oxygens (including phenoxy) is 1. The zero-order chi connectivity index (χ0) is 13.0. The van der Waals surface area contributed by atoms with Crippen LogP contribution in [-0.2, 0) is 4.74 Å². The minimum atomic E-state index is 0.383. The Bertz CT molecular complexity index is 379. The summed E-state index contributed by atoms with van der Waals surface area (Å²) in [6.45, 7) is 0. The summed E-state index contributed by atoms with van der Waals surface area (Å²) in [7, 11) is 3.65. The van der Waals surface area contributed by atoms with Crippen LogP contribution in [-0.4, -0.2) is 42.5 Å². The van der Waals surface area contributed by atoms with Crippen molar-refractivity contribution in [2.24, 2.45) is 0 Å². The molecule has 1 aromatic rings. The van der Waals surface area contributed by atoms with E-state index in [-0.39, 0.29) is 0 Å². The number of nitrogens with one attached hydrogen (secondary N) is 2. The number of rotatable bonds is 5. The Balaban J connectivity index is 2.04. The summed E-state index contributed by atoms with van der Waals surface area (Å²) in [6.07, 6.45) is 5.66. The Hall–Kier alpha value is -1.01. The quantitative estimate of drug-likeness (QED) is 0.631. The molecule has 100 valence electrons. The van der Waals surface area contributed by atoms with E-state index in [1.165, 1.54) is 0 Å². The fourth-order valence-corrected chi connectivity index (χ4v) is 2.59. The molecule has 2 atom stereocenters. The van der Waals surface area contributed by atoms with Gasteiger partial charge in [-0.05, 0) is 25.5 Å². The van der Waals surface area contributed by atoms with Gasteiger partial charge in [0.2, 0.25) is 0 Å². The lowest BCUT2D eigenvalue weighted by Crippen LogP contribution is -2.18. The minimum Gasteiger partial charge on any atom is -0.381 e. The highest BCUT2D eigenvalue weighted by molar-refractivity contribution is 7.98. The van der Waals surface area contributed by atoms with Crippen LogP contribution in [0, 0.1) is 0 Å². The van der Waals surface area contributed by atoms with Gasteiger partial charge in [0, 0.05) is 26.3 Å². The summed E-state index contributed by atoms with van der Waals surface area (Å²) in [6, 6.07) is 2.39. The molecule has 1 heterocycles. The predicted octanol–water partition coefficient (Wildman–Crippen LogP) is 2.22. The molecule has 0 aliphatic heterocycles. The van der Waals surface area contributed by atoms with Gasteiger partial charge in [0.25, 0.3) is 0 Å². The molecule has 0 saturated heterocycles. The summed E-state index contributed by atoms with van der Waals surface area (Å²) in [5, 5.41) is 7.31. The number of nitrogens with zero attached hydrogens (tertiary/aromatic N) is 2. The van der Waals surface area contributed by atoms with Crippen LogP contribution in [0.15, 0.2) is 11.2 Å². The lowest BCUT2D eigenvalue weighted by molar-refractivity contribution is 0.108. The zero-order valence-corrected chi connectivity index (χ0v) is 11.9. The standard InChI is InChI=1S/C12H20N4OS/c1-13-10-7-11(16-12(15-10)18-3)14-8-4-5-9(6-8)17-2/h7-9H,4-6H2,1-3H3,(H2,13,14,15,16). The van der Waals surface area contributed by atoms with Crippen LogP contribution >= 0.6 is 11.8 Å². The van der Waals surface area contributed by atoms with Gasteiger partial charge in [-0.3, -0.25) is 0 Å². The molecule has 2 N–H and O–H groups in total. The fraction of sp³-hybridized carbons (Fsp3) is 0.667. The topological polar surface area (TPSA) is 59.1 Å². The van der Waals surface area contributed by atoms with Crippen molar-refractivity contribution < 1.29 is 4.74 Å². The lowest BCUT2D eigenvalue weighted by Gasteiger charge is -2.14. The number of hydrogen-bond acceptors (Lipinski definition) is 6. The molecule has 0 aromatic carbocycles. The van der Waals surface area contributed by atoms with Crippen molar-refractivity contribution in [3.63, 3.8) is 0 Å². The highest BCUT2D eigenvalue weighted by Gasteiger charge is 2.24. The maximum atomic E-state index is 5.38. The van der Waals surface area contributed by atoms with Gasteiger partial charge in [-0.1, -0.05) is 11.8 Å². The van der Waals surface area contributed by atoms with Crippen molar-refractivity contribution >= 4 is 23.4 Å². The molecule has 1 aromatic heterocycles. The summed E-state index contributed by atoms with van der Waals surface area (Å²) >= 11 is 1.55. The van der Waals surface area contributed by atoms with Crippen LogP contribution in [0.1, 0.15) is 19.3 Å². The number of thioether (sulfide) groups is 1. The van der Waals surface area contributed by atoms with Crippen LogP contribution in [0.2, 0.25) is 0 Å². The van der Waals surface area contributed by atoms with Crippen LogP contribution in [0.4, 0.5) is 11.6 Å². The average Bonchev–Trinajstić information content (AvgIpc) is 2.85. The average molecular weight is 268 g/mol. The number of aromatic nitrogens is 2. The van der Waals surface area contributed by atoms with Gasteiger partial charge in [0.1, 0.15) is 11.6 Å². The second kappa shape index (κ2) is 6.24. The Kier molecular flexibility index (Phi) is 4.66. The first-order valence-corrected chi connectivity index (χ1v) is 7.37. The van der Waals surface area contributed by atoms with Gasteiger partial charge < -0.3 is 15.4 Å². The molecule has 1 aliphatic rings. The van der Waals surface area contributed by atoms with E-state index in [1.807, 2.05) is 19.4 Å². The molecule has 0 radical (unpaired) electrons. The predicted molar refractivity (Wildman–Crippen MR) is 75.4 cm³/mol. The highest BCUT2D eigenvalue weighted by atomic mass is 32.2. The third-order valence-corrected chi connectivity index (χ3v) is 3.76. The lowest BCUT2D eigenvalue weighted by atomic mass is 10.2. The Morgan fingerprint density at radius 2 is 2.11 bits per heavy atom. The van der Waals surface area contributed by atoms with Crippen molar-refractivity contribution in [1.82, 2.24) is 9.97 Å². The molecule has 0 spiro atoms. The first-order valence-electron chi connectivity index (χ1n) is 6.15. The van der Waals surface area contributed by atoms with Gasteiger partial charge >= 0.3 is 0 Å². The summed E-state index contributed by atoms with van der Waals surface area (Å²) in [4.78, 5) is 8.83. The van der Waals surface area contributed by atoms with Crippen molar-refractivity contribution in [3.05, 3.63) is 6.07 Å². The van der Waals surface area contributed by atoms with E-state index < -0.39 is 0 Å². The van der Waals surface area contributed by atoms with Crippen molar-refractivity contribution in [2.75, 3.05) is 31.0 Å². The molecular weight excluding hydrogens is 248 g/mol. The molecule has 2 unspecified atom stereocenters. The van der Waals surface area contributed by atoms with Gasteiger partial charge in [-0.15, -0.1) is 0 Å². The Morgan fingerprint density at radius 3 is 2.72 bits per heavy atom. The van der Waals surface area contributed by atoms with Gasteiger partial charge in [0.05, 0.1) is 6.10 Å². The molecule has 0 bridgehead atoms. The molecule has 1 aliphatic carbocycles. The Morgan fingerprint density at radius 1 is 1.33 bits per heavy atom. The summed E-state index contributed by atoms with van der Waals surface area (Å²) in [5.41, 5.74) is 0. The normalized spacial score (nSPS) is 23.1. The SMILES string of the molecule is CNc1cc(NC2CCC(OC)C2)nc(SC)n1. The Labute approximate surface area is 112 Å². The second-order valence-electron chi connectivity index (χ2n) is 4.39. The van der Waals surface area contributed by atoms with Crippen LogP contribution in [0.5, 0.6) is 0 Å². The molecule has 1 saturated carbocycles. The zero-order valence-electron chi connectivity index (χ0n) is 11.1. The molecule has 18 heavy (non-hydrogen) atoms. The first kappa shape index (κ1) is 13.4. The maximum absolute atomic E-state index is 5.38. The van der Waals surface area contributed by atoms with E-state index in [4.69, 9.17) is 4.74 Å². The van der Waals surface area contributed by atoms with Gasteiger partial charge in [0.15, 0.2) is 5.16 Å². The molecule has 5 nitrogen and oxygen atoms in total. The third-order valence-electron chi connectivity index (χ3n) is 3.21. The molecule has 6 heteroatoms. The van der Waals surface area contributed by atoms with E-state index >= 15 is 0 Å². The van der Waals surface area contributed by atoms with Crippen LogP contribution < -0.4 is 10.6 Å². The summed E-state index contributed by atoms with van der Waals surface area (Å²) in [5.74, 6) is 1.73. The molecule has 1 fully saturated rings. The second-order valence-corrected chi connectivity index (χ2v) is 5.16. The van der Waals surface area contributed by atoms with Crippen molar-refractivity contribution in [3.8, 4) is 0 Å². The summed E-state index contributed by atoms with van der Waals surface area (Å²) < 4.78 is 5.38. The van der Waals surface area contributed by atoms with E-state index in [0.29, 0.717) is 12.1 Å². The van der Waals surface area contributed by atoms with E-state index in [9.17, 15) is 0 Å². The van der Waals surface area contributed by atoms with Crippen molar-refractivity contribution in [1.29, 1.82) is 0 Å². The van der Waals surface area contributed by atoms with E-state index in [2.05, 4.69) is 20.6 Å². The molecule has 2 rings (SSSR count). The van der Waals surface area contributed by atoms with E-state index in [0.717, 1.165) is 36.1 Å². The molecular formula is C12H20N4OS. The fourth-order valence-electron chi connectivity index (χ4n) is 2.21. The minimum absolute atomic E-state index is 0.383.